The first-order valence-corrected chi connectivity index (χ1v) is 5.56. The zero-order valence-electron chi connectivity index (χ0n) is 10.1. The Kier molecular flexibility index (Phi) is 4.20. The lowest BCUT2D eigenvalue weighted by Gasteiger charge is -2.10. The molecule has 0 fully saturated rings. The van der Waals surface area contributed by atoms with Gasteiger partial charge in [0.1, 0.15) is 12.1 Å². The molecule has 4 nitrogen and oxygen atoms in total. The molecule has 0 unspecified atom stereocenters. The third-order valence-electron chi connectivity index (χ3n) is 2.51. The maximum absolute atomic E-state index is 12.9. The number of benzene rings is 1. The first kappa shape index (κ1) is 12.4. The predicted molar refractivity (Wildman–Crippen MR) is 66.5 cm³/mol. The lowest BCUT2D eigenvalue weighted by molar-refractivity contribution is 0.184. The summed E-state index contributed by atoms with van der Waals surface area (Å²) in [5.74, 6) is -0.0765. The molecule has 0 atom stereocenters. The van der Waals surface area contributed by atoms with Crippen LogP contribution in [-0.2, 0) is 17.9 Å². The number of halogens is 1. The molecule has 0 spiro atoms. The second-order valence-corrected chi connectivity index (χ2v) is 3.78. The van der Waals surface area contributed by atoms with Crippen LogP contribution in [0.2, 0.25) is 0 Å². The van der Waals surface area contributed by atoms with Crippen LogP contribution in [0.15, 0.2) is 36.7 Å². The van der Waals surface area contributed by atoms with Gasteiger partial charge in [0, 0.05) is 19.7 Å². The van der Waals surface area contributed by atoms with E-state index in [1.807, 2.05) is 24.3 Å². The topological polar surface area (TPSA) is 47.0 Å². The molecule has 1 N–H and O–H groups in total. The van der Waals surface area contributed by atoms with Crippen LogP contribution in [0.3, 0.4) is 0 Å². The van der Waals surface area contributed by atoms with Crippen LogP contribution in [0.25, 0.3) is 0 Å². The quantitative estimate of drug-likeness (QED) is 0.824. The monoisotopic (exact) mass is 247 g/mol. The number of anilines is 1. The van der Waals surface area contributed by atoms with Crippen molar-refractivity contribution < 1.29 is 9.13 Å². The molecular weight excluding hydrogens is 233 g/mol. The van der Waals surface area contributed by atoms with Crippen molar-refractivity contribution in [3.8, 4) is 0 Å². The Balaban J connectivity index is 2.06. The maximum atomic E-state index is 12.9. The highest BCUT2D eigenvalue weighted by molar-refractivity contribution is 5.36. The summed E-state index contributed by atoms with van der Waals surface area (Å²) in [6, 6.07) is 9.18. The molecule has 1 aromatic carbocycles. The lowest BCUT2D eigenvalue weighted by atomic mass is 10.1. The average Bonchev–Trinajstić information content (AvgIpc) is 2.38. The summed E-state index contributed by atoms with van der Waals surface area (Å²) in [5.41, 5.74) is 2.19. The van der Waals surface area contributed by atoms with Gasteiger partial charge in [0.15, 0.2) is 0 Å². The molecule has 1 heterocycles. The van der Waals surface area contributed by atoms with Crippen molar-refractivity contribution in [3.63, 3.8) is 0 Å². The Morgan fingerprint density at radius 2 is 2.00 bits per heavy atom. The molecule has 0 saturated carbocycles. The molecule has 0 bridgehead atoms. The molecule has 0 radical (unpaired) electrons. The van der Waals surface area contributed by atoms with E-state index in [0.29, 0.717) is 19.0 Å². The molecule has 0 amide bonds. The summed E-state index contributed by atoms with van der Waals surface area (Å²) in [6.07, 6.45) is 1.19. The Labute approximate surface area is 105 Å². The molecular formula is C13H14FN3O. The fourth-order valence-corrected chi connectivity index (χ4v) is 1.64. The fraction of sp³-hybridized carbons (Fsp3) is 0.231. The lowest BCUT2D eigenvalue weighted by Crippen LogP contribution is -2.05. The maximum Gasteiger partial charge on any atom is 0.217 e. The SMILES string of the molecule is COCc1ccccc1CNc1cc(F)ncn1. The number of nitrogens with one attached hydrogen (secondary N) is 1. The summed E-state index contributed by atoms with van der Waals surface area (Å²) in [6.45, 7) is 1.12. The van der Waals surface area contributed by atoms with Crippen LogP contribution in [-0.4, -0.2) is 17.1 Å². The van der Waals surface area contributed by atoms with Gasteiger partial charge in [-0.15, -0.1) is 0 Å². The summed E-state index contributed by atoms with van der Waals surface area (Å²) >= 11 is 0. The van der Waals surface area contributed by atoms with E-state index in [1.165, 1.54) is 12.4 Å². The largest absolute Gasteiger partial charge is 0.380 e. The van der Waals surface area contributed by atoms with Gasteiger partial charge in [0.05, 0.1) is 6.61 Å². The number of aromatic nitrogens is 2. The highest BCUT2D eigenvalue weighted by Gasteiger charge is 2.02. The van der Waals surface area contributed by atoms with Crippen LogP contribution in [0.4, 0.5) is 10.2 Å². The van der Waals surface area contributed by atoms with Crippen molar-refractivity contribution in [1.82, 2.24) is 9.97 Å². The van der Waals surface area contributed by atoms with Gasteiger partial charge in [-0.05, 0) is 11.1 Å². The summed E-state index contributed by atoms with van der Waals surface area (Å²) < 4.78 is 18.0. The predicted octanol–water partition coefficient (Wildman–Crippen LogP) is 2.37. The Hall–Kier alpha value is -2.01. The van der Waals surface area contributed by atoms with Crippen LogP contribution < -0.4 is 5.32 Å². The van der Waals surface area contributed by atoms with Crippen molar-refractivity contribution >= 4 is 5.82 Å². The van der Waals surface area contributed by atoms with E-state index in [2.05, 4.69) is 15.3 Å². The number of hydrogen-bond donors (Lipinski definition) is 1. The van der Waals surface area contributed by atoms with Gasteiger partial charge in [0.2, 0.25) is 5.95 Å². The van der Waals surface area contributed by atoms with E-state index in [9.17, 15) is 4.39 Å². The number of hydrogen-bond acceptors (Lipinski definition) is 4. The minimum atomic E-state index is -0.544. The van der Waals surface area contributed by atoms with Gasteiger partial charge in [-0.1, -0.05) is 24.3 Å². The number of ether oxygens (including phenoxy) is 1. The molecule has 2 aromatic rings. The zero-order chi connectivity index (χ0) is 12.8. The van der Waals surface area contributed by atoms with E-state index in [4.69, 9.17) is 4.74 Å². The van der Waals surface area contributed by atoms with Gasteiger partial charge >= 0.3 is 0 Å². The van der Waals surface area contributed by atoms with Gasteiger partial charge < -0.3 is 10.1 Å². The van der Waals surface area contributed by atoms with Crippen LogP contribution >= 0.6 is 0 Å². The molecule has 5 heteroatoms. The van der Waals surface area contributed by atoms with Crippen LogP contribution in [0, 0.1) is 5.95 Å². The molecule has 1 aromatic heterocycles. The summed E-state index contributed by atoms with van der Waals surface area (Å²) in [5, 5.41) is 3.05. The smallest absolute Gasteiger partial charge is 0.217 e. The molecule has 18 heavy (non-hydrogen) atoms. The van der Waals surface area contributed by atoms with Crippen molar-refractivity contribution in [2.75, 3.05) is 12.4 Å². The molecule has 0 aliphatic rings. The van der Waals surface area contributed by atoms with Gasteiger partial charge in [-0.25, -0.2) is 9.97 Å². The van der Waals surface area contributed by atoms with Crippen molar-refractivity contribution in [2.24, 2.45) is 0 Å². The van der Waals surface area contributed by atoms with Crippen LogP contribution in [0.5, 0.6) is 0 Å². The average molecular weight is 247 g/mol. The Morgan fingerprint density at radius 3 is 2.72 bits per heavy atom. The Bertz CT molecular complexity index is 519. The number of nitrogens with zero attached hydrogens (tertiary/aromatic N) is 2. The van der Waals surface area contributed by atoms with E-state index in [1.54, 1.807) is 7.11 Å². The van der Waals surface area contributed by atoms with Crippen molar-refractivity contribution in [1.29, 1.82) is 0 Å². The molecule has 94 valence electrons. The van der Waals surface area contributed by atoms with Crippen LogP contribution in [0.1, 0.15) is 11.1 Å². The normalized spacial score (nSPS) is 10.3. The minimum absolute atomic E-state index is 0.467. The van der Waals surface area contributed by atoms with Gasteiger partial charge in [-0.2, -0.15) is 4.39 Å². The standard InChI is InChI=1S/C13H14FN3O/c1-18-8-11-5-3-2-4-10(11)7-15-13-6-12(14)16-9-17-13/h2-6,9H,7-8H2,1H3,(H,15,16,17). The second-order valence-electron chi connectivity index (χ2n) is 3.78. The molecule has 0 aliphatic carbocycles. The van der Waals surface area contributed by atoms with E-state index >= 15 is 0 Å². The number of rotatable bonds is 5. The van der Waals surface area contributed by atoms with Crippen molar-refractivity contribution in [3.05, 3.63) is 53.7 Å². The van der Waals surface area contributed by atoms with Gasteiger partial charge in [0.25, 0.3) is 0 Å². The summed E-state index contributed by atoms with van der Waals surface area (Å²) in [4.78, 5) is 7.34. The summed E-state index contributed by atoms with van der Waals surface area (Å²) in [7, 11) is 1.66. The zero-order valence-corrected chi connectivity index (χ0v) is 10.1. The number of methoxy groups -OCH3 is 1. The Morgan fingerprint density at radius 1 is 1.22 bits per heavy atom. The van der Waals surface area contributed by atoms with E-state index in [0.717, 1.165) is 11.1 Å². The molecule has 2 rings (SSSR count). The first-order valence-electron chi connectivity index (χ1n) is 5.56. The first-order chi connectivity index (χ1) is 8.79. The van der Waals surface area contributed by atoms with E-state index < -0.39 is 5.95 Å². The van der Waals surface area contributed by atoms with Gasteiger partial charge in [-0.3, -0.25) is 0 Å². The third kappa shape index (κ3) is 3.24. The highest BCUT2D eigenvalue weighted by atomic mass is 19.1. The minimum Gasteiger partial charge on any atom is -0.380 e. The molecule has 0 saturated heterocycles. The second kappa shape index (κ2) is 6.07. The van der Waals surface area contributed by atoms with Crippen molar-refractivity contribution in [2.45, 2.75) is 13.2 Å². The third-order valence-corrected chi connectivity index (χ3v) is 2.51. The highest BCUT2D eigenvalue weighted by Crippen LogP contribution is 2.12. The molecule has 0 aliphatic heterocycles. The fourth-order valence-electron chi connectivity index (χ4n) is 1.64. The van der Waals surface area contributed by atoms with E-state index in [-0.39, 0.29) is 0 Å².